The Morgan fingerprint density at radius 3 is 1.09 bits per heavy atom. The van der Waals surface area contributed by atoms with E-state index in [1.165, 1.54) is 0 Å². The van der Waals surface area contributed by atoms with Gasteiger partial charge in [0.2, 0.25) is 0 Å². The SMILES string of the molecule is CCC1(COC(=O)OC23CC4CC(C(=O)OC56CC7CC(C5)CC(C(=O)OCC5(CC)COC5)(C7)C6)(C2)CC(C(=O)OC25CC6CC(C2)CC(C(=O)OCC2(CC)COC2)(C6)C5)(C4)C3)COC1. The zero-order valence-corrected chi connectivity index (χ0v) is 40.3. The molecule has 15 aliphatic rings. The monoisotopic (exact) mass is 935 g/mol. The largest absolute Gasteiger partial charge is 0.508 e. The number of ether oxygens (including phenoxy) is 9. The van der Waals surface area contributed by atoms with Gasteiger partial charge in [-0.25, -0.2) is 4.79 Å². The molecule has 14 heteroatoms. The van der Waals surface area contributed by atoms with Crippen LogP contribution in [0, 0.1) is 67.5 Å². The van der Waals surface area contributed by atoms with Crippen molar-refractivity contribution in [1.82, 2.24) is 0 Å². The quantitative estimate of drug-likeness (QED) is 0.108. The topological polar surface area (TPSA) is 168 Å². The molecular formula is C53H74O14. The van der Waals surface area contributed by atoms with Gasteiger partial charge in [-0.2, -0.15) is 0 Å². The van der Waals surface area contributed by atoms with Crippen LogP contribution in [0.3, 0.4) is 0 Å². The molecule has 14 nitrogen and oxygen atoms in total. The van der Waals surface area contributed by atoms with Gasteiger partial charge >= 0.3 is 30.0 Å². The molecule has 3 heterocycles. The van der Waals surface area contributed by atoms with Crippen molar-refractivity contribution in [1.29, 1.82) is 0 Å². The molecule has 0 aromatic carbocycles. The van der Waals surface area contributed by atoms with Crippen LogP contribution in [-0.4, -0.2) is 106 Å². The Balaban J connectivity index is 0.812. The molecule has 15 fully saturated rings. The third-order valence-electron chi connectivity index (χ3n) is 20.9. The summed E-state index contributed by atoms with van der Waals surface area (Å²) in [6.07, 6.45) is 12.9. The maximum absolute atomic E-state index is 15.5. The number of hydrogen-bond donors (Lipinski definition) is 0. The van der Waals surface area contributed by atoms with Gasteiger partial charge in [0, 0.05) is 25.7 Å². The fourth-order valence-corrected chi connectivity index (χ4v) is 18.1. The lowest BCUT2D eigenvalue weighted by atomic mass is 9.42. The lowest BCUT2D eigenvalue weighted by Gasteiger charge is -2.65. The molecule has 12 saturated carbocycles. The number of rotatable bonds is 16. The fourth-order valence-electron chi connectivity index (χ4n) is 18.1. The third-order valence-corrected chi connectivity index (χ3v) is 20.9. The first-order valence-electron chi connectivity index (χ1n) is 26.4. The molecule has 6 atom stereocenters. The van der Waals surface area contributed by atoms with Crippen molar-refractivity contribution >= 4 is 30.0 Å². The van der Waals surface area contributed by atoms with Crippen LogP contribution in [0.15, 0.2) is 0 Å². The van der Waals surface area contributed by atoms with Gasteiger partial charge in [-0.1, -0.05) is 20.8 Å². The van der Waals surface area contributed by atoms with E-state index >= 15 is 9.59 Å². The lowest BCUT2D eigenvalue weighted by molar-refractivity contribution is -0.256. The fraction of sp³-hybridized carbons (Fsp3) is 0.906. The van der Waals surface area contributed by atoms with Crippen LogP contribution in [0.25, 0.3) is 0 Å². The standard InChI is InChI=1S/C53H74O14/c1-4-44(25-59-26-44)31-62-39(54)47-9-34-7-35(10-47)16-51(15-34,21-47)65-41(56)49-13-38-14-50(20-49,24-53(19-38,23-49)67-43(58)64-33-46(6-3)29-61-30-46)42(57)66-52-17-36-8-37(18-52)12-48(11-36,22-52)40(55)63-32-45(5-2)27-60-28-45/h34-38H,4-33H2,1-3H3. The first-order chi connectivity index (χ1) is 32.0. The Morgan fingerprint density at radius 2 is 0.731 bits per heavy atom. The Morgan fingerprint density at radius 1 is 0.388 bits per heavy atom. The summed E-state index contributed by atoms with van der Waals surface area (Å²) in [5.41, 5.74) is -6.86. The zero-order chi connectivity index (χ0) is 46.4. The summed E-state index contributed by atoms with van der Waals surface area (Å²) in [4.78, 5) is 73.3. The number of carbonyl (C=O) groups excluding carboxylic acids is 5. The molecule has 0 aromatic heterocycles. The summed E-state index contributed by atoms with van der Waals surface area (Å²) in [7, 11) is 0. The van der Waals surface area contributed by atoms with Crippen molar-refractivity contribution < 1.29 is 66.6 Å². The van der Waals surface area contributed by atoms with Gasteiger partial charge in [-0.15, -0.1) is 0 Å². The summed E-state index contributed by atoms with van der Waals surface area (Å²) in [6, 6.07) is 0. The van der Waals surface area contributed by atoms with Gasteiger partial charge in [0.05, 0.1) is 77.5 Å². The van der Waals surface area contributed by atoms with E-state index in [2.05, 4.69) is 20.8 Å². The molecule has 0 radical (unpaired) electrons. The van der Waals surface area contributed by atoms with E-state index in [1.807, 2.05) is 0 Å². The third kappa shape index (κ3) is 7.24. The molecule has 12 aliphatic carbocycles. The minimum absolute atomic E-state index is 0.0933. The predicted octanol–water partition coefficient (Wildman–Crippen LogP) is 7.98. The van der Waals surface area contributed by atoms with Gasteiger partial charge in [0.15, 0.2) is 0 Å². The highest BCUT2D eigenvalue weighted by atomic mass is 16.7. The van der Waals surface area contributed by atoms with E-state index in [0.717, 1.165) is 57.8 Å². The predicted molar refractivity (Wildman–Crippen MR) is 236 cm³/mol. The van der Waals surface area contributed by atoms with Crippen LogP contribution in [0.2, 0.25) is 0 Å². The van der Waals surface area contributed by atoms with Crippen molar-refractivity contribution in [2.75, 3.05) is 59.5 Å². The first kappa shape index (κ1) is 45.2. The van der Waals surface area contributed by atoms with Crippen LogP contribution < -0.4 is 0 Å². The Kier molecular flexibility index (Phi) is 10.3. The van der Waals surface area contributed by atoms with Crippen LogP contribution in [0.4, 0.5) is 4.79 Å². The normalized spacial score (nSPS) is 45.5. The maximum Gasteiger partial charge on any atom is 0.508 e. The van der Waals surface area contributed by atoms with Crippen LogP contribution in [0.5, 0.6) is 0 Å². The first-order valence-corrected chi connectivity index (χ1v) is 26.4. The highest BCUT2D eigenvalue weighted by Gasteiger charge is 2.73. The van der Waals surface area contributed by atoms with Gasteiger partial charge < -0.3 is 42.6 Å². The maximum atomic E-state index is 15.5. The van der Waals surface area contributed by atoms with E-state index in [9.17, 15) is 14.4 Å². The molecule has 370 valence electrons. The highest BCUT2D eigenvalue weighted by Crippen LogP contribution is 2.71. The molecule has 0 aromatic rings. The van der Waals surface area contributed by atoms with Crippen molar-refractivity contribution in [2.45, 2.75) is 172 Å². The molecule has 3 aliphatic heterocycles. The summed E-state index contributed by atoms with van der Waals surface area (Å²) in [6.45, 7) is 10.6. The van der Waals surface area contributed by atoms with Crippen LogP contribution in [0.1, 0.15) is 156 Å². The Bertz CT molecular complexity index is 1900. The van der Waals surface area contributed by atoms with Crippen molar-refractivity contribution in [3.63, 3.8) is 0 Å². The number of hydrogen-bond acceptors (Lipinski definition) is 14. The average Bonchev–Trinajstić information content (AvgIpc) is 3.21. The smallest absolute Gasteiger partial charge is 0.464 e. The second-order valence-electron chi connectivity index (χ2n) is 26.2. The Labute approximate surface area is 394 Å². The average molecular weight is 935 g/mol. The summed E-state index contributed by atoms with van der Waals surface area (Å²) >= 11 is 0. The molecule has 12 bridgehead atoms. The highest BCUT2D eigenvalue weighted by molar-refractivity contribution is 5.85. The number of esters is 4. The molecular weight excluding hydrogens is 861 g/mol. The molecule has 0 N–H and O–H groups in total. The van der Waals surface area contributed by atoms with Crippen molar-refractivity contribution in [3.8, 4) is 0 Å². The second-order valence-corrected chi connectivity index (χ2v) is 26.2. The van der Waals surface area contributed by atoms with E-state index in [4.69, 9.17) is 42.6 Å². The molecule has 15 rings (SSSR count). The zero-order valence-electron chi connectivity index (χ0n) is 40.3. The molecule has 3 saturated heterocycles. The number of carbonyl (C=O) groups is 5. The molecule has 0 spiro atoms. The molecule has 0 amide bonds. The van der Waals surface area contributed by atoms with Gasteiger partial charge in [-0.3, -0.25) is 19.2 Å². The summed E-state index contributed by atoms with van der Waals surface area (Å²) < 4.78 is 55.2. The van der Waals surface area contributed by atoms with E-state index in [0.29, 0.717) is 111 Å². The molecule has 6 unspecified atom stereocenters. The van der Waals surface area contributed by atoms with Crippen LogP contribution in [-0.2, 0) is 61.8 Å². The van der Waals surface area contributed by atoms with E-state index in [1.54, 1.807) is 0 Å². The minimum Gasteiger partial charge on any atom is -0.464 e. The van der Waals surface area contributed by atoms with Crippen LogP contribution >= 0.6 is 0 Å². The second kappa shape index (κ2) is 15.3. The minimum atomic E-state index is -1.13. The summed E-state index contributed by atoms with van der Waals surface area (Å²) in [5.74, 6) is -0.0926. The van der Waals surface area contributed by atoms with Gasteiger partial charge in [0.25, 0.3) is 0 Å². The Hall–Kier alpha value is -2.97. The lowest BCUT2D eigenvalue weighted by Crippen LogP contribution is -2.68. The van der Waals surface area contributed by atoms with E-state index in [-0.39, 0.29) is 95.6 Å². The summed E-state index contributed by atoms with van der Waals surface area (Å²) in [5, 5.41) is 0. The molecule has 67 heavy (non-hydrogen) atoms. The van der Waals surface area contributed by atoms with Gasteiger partial charge in [0.1, 0.15) is 36.6 Å². The van der Waals surface area contributed by atoms with E-state index < -0.39 is 44.6 Å². The van der Waals surface area contributed by atoms with Crippen molar-refractivity contribution in [3.05, 3.63) is 0 Å². The van der Waals surface area contributed by atoms with Crippen molar-refractivity contribution in [2.24, 2.45) is 67.5 Å². The van der Waals surface area contributed by atoms with Gasteiger partial charge in [-0.05, 0) is 139 Å².